The van der Waals surface area contributed by atoms with Crippen molar-refractivity contribution in [3.63, 3.8) is 0 Å². The number of nitrogens with one attached hydrogen (secondary N) is 1. The molecule has 2 N–H and O–H groups in total. The van der Waals surface area contributed by atoms with E-state index in [1.807, 2.05) is 13.8 Å². The third kappa shape index (κ3) is 4.45. The lowest BCUT2D eigenvalue weighted by atomic mass is 10.0. The van der Waals surface area contributed by atoms with Gasteiger partial charge in [0.15, 0.2) is 0 Å². The number of carbonyl (C=O) groups is 1. The van der Waals surface area contributed by atoms with E-state index in [0.717, 1.165) is 0 Å². The molecule has 78 valence electrons. The number of morpholine rings is 1. The first kappa shape index (κ1) is 12.7. The van der Waals surface area contributed by atoms with Crippen molar-refractivity contribution < 1.29 is 14.6 Å². The Morgan fingerprint density at radius 1 is 1.69 bits per heavy atom. The average Bonchev–Trinajstić information content (AvgIpc) is 1.93. The van der Waals surface area contributed by atoms with E-state index in [4.69, 9.17) is 9.84 Å². The molecule has 0 saturated carbocycles. The van der Waals surface area contributed by atoms with Gasteiger partial charge in [-0.3, -0.25) is 4.79 Å². The first-order chi connectivity index (χ1) is 5.49. The first-order valence-electron chi connectivity index (χ1n) is 4.08. The predicted molar refractivity (Wildman–Crippen MR) is 51.3 cm³/mol. The Morgan fingerprint density at radius 2 is 2.31 bits per heavy atom. The van der Waals surface area contributed by atoms with E-state index in [1.54, 1.807) is 0 Å². The number of hydrogen-bond donors (Lipinski definition) is 2. The monoisotopic (exact) mass is 209 g/mol. The van der Waals surface area contributed by atoms with Gasteiger partial charge in [-0.15, -0.1) is 12.4 Å². The molecule has 0 aromatic carbocycles. The van der Waals surface area contributed by atoms with Crippen molar-refractivity contribution in [2.45, 2.75) is 31.9 Å². The fourth-order valence-electron chi connectivity index (χ4n) is 1.15. The quantitative estimate of drug-likeness (QED) is 0.701. The summed E-state index contributed by atoms with van der Waals surface area (Å²) in [5.41, 5.74) is -0.0188. The Bertz CT molecular complexity index is 174. The molecule has 0 aromatic rings. The van der Waals surface area contributed by atoms with Gasteiger partial charge in [-0.2, -0.15) is 0 Å². The summed E-state index contributed by atoms with van der Waals surface area (Å²) in [5, 5.41) is 11.7. The van der Waals surface area contributed by atoms with Crippen LogP contribution in [0, 0.1) is 0 Å². The highest BCUT2D eigenvalue weighted by Gasteiger charge is 2.27. The summed E-state index contributed by atoms with van der Waals surface area (Å²) in [6, 6.07) is 0. The molecule has 0 bridgehead atoms. The zero-order valence-electron chi connectivity index (χ0n) is 7.87. The molecule has 0 spiro atoms. The van der Waals surface area contributed by atoms with Gasteiger partial charge in [-0.05, 0) is 13.8 Å². The number of halogens is 1. The number of aliphatic carboxylic acids is 1. The first-order valence-corrected chi connectivity index (χ1v) is 4.08. The molecule has 1 rings (SSSR count). The molecular weight excluding hydrogens is 194 g/mol. The SMILES string of the molecule is CC1(C)CO[C@H](CC(=O)O)CN1.Cl. The van der Waals surface area contributed by atoms with Crippen molar-refractivity contribution in [2.75, 3.05) is 13.2 Å². The van der Waals surface area contributed by atoms with Gasteiger partial charge >= 0.3 is 5.97 Å². The summed E-state index contributed by atoms with van der Waals surface area (Å²) in [4.78, 5) is 10.3. The lowest BCUT2D eigenvalue weighted by molar-refractivity contribution is -0.141. The van der Waals surface area contributed by atoms with Gasteiger partial charge in [0.2, 0.25) is 0 Å². The second-order valence-electron chi connectivity index (χ2n) is 3.80. The Hall–Kier alpha value is -0.320. The molecule has 1 aliphatic heterocycles. The van der Waals surface area contributed by atoms with Gasteiger partial charge < -0.3 is 15.2 Å². The number of rotatable bonds is 2. The molecule has 0 radical (unpaired) electrons. The fourth-order valence-corrected chi connectivity index (χ4v) is 1.15. The van der Waals surface area contributed by atoms with Crippen molar-refractivity contribution >= 4 is 18.4 Å². The molecule has 1 saturated heterocycles. The van der Waals surface area contributed by atoms with Crippen molar-refractivity contribution in [3.8, 4) is 0 Å². The minimum Gasteiger partial charge on any atom is -0.481 e. The fraction of sp³-hybridized carbons (Fsp3) is 0.875. The molecule has 0 aromatic heterocycles. The zero-order chi connectivity index (χ0) is 9.19. The summed E-state index contributed by atoms with van der Waals surface area (Å²) in [6.07, 6.45) is -0.0844. The Morgan fingerprint density at radius 3 is 2.69 bits per heavy atom. The van der Waals surface area contributed by atoms with Crippen molar-refractivity contribution in [2.24, 2.45) is 0 Å². The molecule has 5 heteroatoms. The number of carboxylic acids is 1. The van der Waals surface area contributed by atoms with Crippen LogP contribution in [-0.4, -0.2) is 35.9 Å². The van der Waals surface area contributed by atoms with E-state index in [9.17, 15) is 4.79 Å². The normalized spacial score (nSPS) is 26.2. The largest absolute Gasteiger partial charge is 0.481 e. The third-order valence-corrected chi connectivity index (χ3v) is 1.89. The van der Waals surface area contributed by atoms with E-state index < -0.39 is 5.97 Å². The van der Waals surface area contributed by atoms with Crippen LogP contribution < -0.4 is 5.32 Å². The van der Waals surface area contributed by atoms with Crippen LogP contribution in [0.3, 0.4) is 0 Å². The molecule has 1 atom stereocenters. The zero-order valence-corrected chi connectivity index (χ0v) is 8.69. The third-order valence-electron chi connectivity index (χ3n) is 1.89. The maximum Gasteiger partial charge on any atom is 0.306 e. The van der Waals surface area contributed by atoms with Crippen LogP contribution in [0.1, 0.15) is 20.3 Å². The smallest absolute Gasteiger partial charge is 0.306 e. The highest BCUT2D eigenvalue weighted by molar-refractivity contribution is 5.85. The average molecular weight is 210 g/mol. The minimum atomic E-state index is -0.804. The molecule has 1 fully saturated rings. The Kier molecular flexibility index (Phi) is 4.67. The van der Waals surface area contributed by atoms with E-state index >= 15 is 0 Å². The summed E-state index contributed by atoms with van der Waals surface area (Å²) >= 11 is 0. The Labute approximate surface area is 84.1 Å². The molecule has 1 aliphatic rings. The van der Waals surface area contributed by atoms with Crippen LogP contribution in [0.4, 0.5) is 0 Å². The molecular formula is C8H16ClNO3. The van der Waals surface area contributed by atoms with E-state index in [2.05, 4.69) is 5.32 Å². The van der Waals surface area contributed by atoms with E-state index in [1.165, 1.54) is 0 Å². The lowest BCUT2D eigenvalue weighted by Crippen LogP contribution is -2.53. The van der Waals surface area contributed by atoms with Crippen molar-refractivity contribution in [3.05, 3.63) is 0 Å². The van der Waals surface area contributed by atoms with Crippen LogP contribution in [0.5, 0.6) is 0 Å². The molecule has 4 nitrogen and oxygen atoms in total. The van der Waals surface area contributed by atoms with Crippen LogP contribution in [0.25, 0.3) is 0 Å². The summed E-state index contributed by atoms with van der Waals surface area (Å²) < 4.78 is 5.36. The summed E-state index contributed by atoms with van der Waals surface area (Å²) in [5.74, 6) is -0.804. The van der Waals surface area contributed by atoms with Gasteiger partial charge in [-0.25, -0.2) is 0 Å². The van der Waals surface area contributed by atoms with Gasteiger partial charge in [-0.1, -0.05) is 0 Å². The van der Waals surface area contributed by atoms with Crippen LogP contribution in [0.2, 0.25) is 0 Å². The van der Waals surface area contributed by atoms with Gasteiger partial charge in [0.25, 0.3) is 0 Å². The second kappa shape index (κ2) is 4.79. The highest BCUT2D eigenvalue weighted by Crippen LogP contribution is 2.12. The number of hydrogen-bond acceptors (Lipinski definition) is 3. The minimum absolute atomic E-state index is 0. The highest BCUT2D eigenvalue weighted by atomic mass is 35.5. The van der Waals surface area contributed by atoms with Gasteiger partial charge in [0.05, 0.1) is 19.1 Å². The van der Waals surface area contributed by atoms with Crippen LogP contribution in [0.15, 0.2) is 0 Å². The summed E-state index contributed by atoms with van der Waals surface area (Å²) in [7, 11) is 0. The maximum absolute atomic E-state index is 10.3. The molecule has 0 unspecified atom stereocenters. The van der Waals surface area contributed by atoms with E-state index in [-0.39, 0.29) is 30.5 Å². The van der Waals surface area contributed by atoms with Crippen molar-refractivity contribution in [1.82, 2.24) is 5.32 Å². The molecule has 1 heterocycles. The van der Waals surface area contributed by atoms with Crippen molar-refractivity contribution in [1.29, 1.82) is 0 Å². The molecule has 13 heavy (non-hydrogen) atoms. The maximum atomic E-state index is 10.3. The summed E-state index contributed by atoms with van der Waals surface area (Å²) in [6.45, 7) is 5.26. The molecule has 0 amide bonds. The molecule has 0 aliphatic carbocycles. The second-order valence-corrected chi connectivity index (χ2v) is 3.80. The predicted octanol–water partition coefficient (Wildman–Crippen LogP) is 0.650. The lowest BCUT2D eigenvalue weighted by Gasteiger charge is -2.35. The Balaban J connectivity index is 0.00000144. The number of carboxylic acid groups (broad SMARTS) is 1. The number of ether oxygens (including phenoxy) is 1. The van der Waals surface area contributed by atoms with Crippen LogP contribution in [-0.2, 0) is 9.53 Å². The van der Waals surface area contributed by atoms with E-state index in [0.29, 0.717) is 13.2 Å². The van der Waals surface area contributed by atoms with Gasteiger partial charge in [0, 0.05) is 12.1 Å². The standard InChI is InChI=1S/C8H15NO3.ClH/c1-8(2)5-12-6(4-9-8)3-7(10)11;/h6,9H,3-5H2,1-2H3,(H,10,11);1H/t6-;/m1./s1. The van der Waals surface area contributed by atoms with Crippen LogP contribution >= 0.6 is 12.4 Å². The van der Waals surface area contributed by atoms with Gasteiger partial charge in [0.1, 0.15) is 0 Å². The topological polar surface area (TPSA) is 58.6 Å².